The zero-order chi connectivity index (χ0) is 28.0. The van der Waals surface area contributed by atoms with E-state index >= 15 is 0 Å². The molecule has 39 heavy (non-hydrogen) atoms. The fourth-order valence-electron chi connectivity index (χ4n) is 4.16. The fourth-order valence-corrected chi connectivity index (χ4v) is 4.16. The van der Waals surface area contributed by atoms with E-state index in [4.69, 9.17) is 9.84 Å². The molecule has 2 heterocycles. The van der Waals surface area contributed by atoms with Crippen molar-refractivity contribution < 1.29 is 22.7 Å². The number of carbonyl (C=O) groups is 1. The Morgan fingerprint density at radius 2 is 1.85 bits per heavy atom. The molecule has 4 aromatic rings. The van der Waals surface area contributed by atoms with E-state index < -0.39 is 18.8 Å². The second-order valence-corrected chi connectivity index (χ2v) is 9.03. The van der Waals surface area contributed by atoms with Gasteiger partial charge in [-0.1, -0.05) is 36.4 Å². The van der Waals surface area contributed by atoms with Crippen molar-refractivity contribution in [2.75, 3.05) is 19.0 Å². The average Bonchev–Trinajstić information content (AvgIpc) is 3.46. The zero-order valence-electron chi connectivity index (χ0n) is 21.8. The summed E-state index contributed by atoms with van der Waals surface area (Å²) in [7, 11) is 3.37. The molecule has 12 heteroatoms. The molecule has 0 fully saturated rings. The van der Waals surface area contributed by atoms with Crippen LogP contribution in [0.25, 0.3) is 16.9 Å². The van der Waals surface area contributed by atoms with Crippen LogP contribution in [0.4, 0.5) is 23.8 Å². The first kappa shape index (κ1) is 27.9. The molecule has 0 saturated heterocycles. The molecular weight excluding hydrogens is 511 g/mol. The monoisotopic (exact) mass is 541 g/mol. The number of urea groups is 1. The summed E-state index contributed by atoms with van der Waals surface area (Å²) in [4.78, 5) is 13.1. The van der Waals surface area contributed by atoms with E-state index in [0.29, 0.717) is 29.2 Å². The van der Waals surface area contributed by atoms with Crippen molar-refractivity contribution in [3.63, 3.8) is 0 Å². The highest BCUT2D eigenvalue weighted by atomic mass is 19.4. The molecular formula is C27H30F3N7O2. The van der Waals surface area contributed by atoms with E-state index in [1.165, 1.54) is 0 Å². The van der Waals surface area contributed by atoms with Crippen molar-refractivity contribution in [3.05, 3.63) is 83.2 Å². The summed E-state index contributed by atoms with van der Waals surface area (Å²) in [6, 6.07) is 14.3. The van der Waals surface area contributed by atoms with Gasteiger partial charge in [0.25, 0.3) is 0 Å². The first-order valence-electron chi connectivity index (χ1n) is 12.2. The molecule has 0 unspecified atom stereocenters. The van der Waals surface area contributed by atoms with E-state index in [2.05, 4.69) is 21.0 Å². The van der Waals surface area contributed by atoms with Gasteiger partial charge in [0, 0.05) is 44.6 Å². The quantitative estimate of drug-likeness (QED) is 0.270. The SMILES string of the molecule is COCc1ccc(CNCC(F)(F)F)c(CNC(=O)Nc2c(C)c(-c3cnn(C)c3)nn2-c2ccccc2)c1. The summed E-state index contributed by atoms with van der Waals surface area (Å²) in [5.41, 5.74) is 5.15. The Balaban J connectivity index is 1.54. The van der Waals surface area contributed by atoms with Crippen molar-refractivity contribution in [1.82, 2.24) is 30.2 Å². The number of para-hydroxylation sites is 1. The number of halogens is 3. The maximum atomic E-state index is 13.1. The van der Waals surface area contributed by atoms with E-state index in [-0.39, 0.29) is 13.1 Å². The highest BCUT2D eigenvalue weighted by Gasteiger charge is 2.26. The number of hydrogen-bond donors (Lipinski definition) is 3. The maximum Gasteiger partial charge on any atom is 0.401 e. The first-order valence-corrected chi connectivity index (χ1v) is 12.2. The van der Waals surface area contributed by atoms with E-state index in [9.17, 15) is 18.0 Å². The molecule has 0 aliphatic rings. The topological polar surface area (TPSA) is 98.0 Å². The first-order chi connectivity index (χ1) is 18.6. The predicted octanol–water partition coefficient (Wildman–Crippen LogP) is 4.70. The molecule has 4 rings (SSSR count). The molecule has 0 bridgehead atoms. The highest BCUT2D eigenvalue weighted by Crippen LogP contribution is 2.30. The normalized spacial score (nSPS) is 11.5. The Morgan fingerprint density at radius 3 is 2.51 bits per heavy atom. The number of ether oxygens (including phenoxy) is 1. The molecule has 2 amide bonds. The molecule has 206 valence electrons. The lowest BCUT2D eigenvalue weighted by molar-refractivity contribution is -0.125. The molecule has 2 aromatic carbocycles. The number of methoxy groups -OCH3 is 1. The van der Waals surface area contributed by atoms with Gasteiger partial charge in [-0.2, -0.15) is 23.4 Å². The smallest absolute Gasteiger partial charge is 0.380 e. The lowest BCUT2D eigenvalue weighted by Crippen LogP contribution is -2.31. The summed E-state index contributed by atoms with van der Waals surface area (Å²) in [6.45, 7) is 1.19. The highest BCUT2D eigenvalue weighted by molar-refractivity contribution is 5.90. The van der Waals surface area contributed by atoms with Crippen LogP contribution in [0.1, 0.15) is 22.3 Å². The average molecular weight is 542 g/mol. The Hall–Kier alpha value is -4.16. The minimum absolute atomic E-state index is 0.000237. The minimum atomic E-state index is -4.32. The molecule has 9 nitrogen and oxygen atoms in total. The number of nitrogens with zero attached hydrogens (tertiary/aromatic N) is 4. The Morgan fingerprint density at radius 1 is 1.08 bits per heavy atom. The summed E-state index contributed by atoms with van der Waals surface area (Å²) in [6.07, 6.45) is -0.770. The third-order valence-electron chi connectivity index (χ3n) is 6.00. The third kappa shape index (κ3) is 7.24. The number of hydrogen-bond acceptors (Lipinski definition) is 5. The van der Waals surface area contributed by atoms with Crippen LogP contribution in [0.15, 0.2) is 60.9 Å². The van der Waals surface area contributed by atoms with Crippen LogP contribution >= 0.6 is 0 Å². The molecule has 0 atom stereocenters. The summed E-state index contributed by atoms with van der Waals surface area (Å²) in [5, 5.41) is 17.1. The van der Waals surface area contributed by atoms with E-state index in [1.54, 1.807) is 34.8 Å². The minimum Gasteiger partial charge on any atom is -0.380 e. The summed E-state index contributed by atoms with van der Waals surface area (Å²) < 4.78 is 46.4. The van der Waals surface area contributed by atoms with Gasteiger partial charge in [-0.3, -0.25) is 10.00 Å². The summed E-state index contributed by atoms with van der Waals surface area (Å²) in [5.74, 6) is 0.484. The lowest BCUT2D eigenvalue weighted by Gasteiger charge is -2.15. The van der Waals surface area contributed by atoms with Gasteiger partial charge in [0.15, 0.2) is 0 Å². The number of alkyl halides is 3. The largest absolute Gasteiger partial charge is 0.401 e. The second-order valence-electron chi connectivity index (χ2n) is 9.03. The Kier molecular flexibility index (Phi) is 8.67. The predicted molar refractivity (Wildman–Crippen MR) is 141 cm³/mol. The molecule has 2 aromatic heterocycles. The van der Waals surface area contributed by atoms with Crippen LogP contribution in [0.5, 0.6) is 0 Å². The molecule has 0 radical (unpaired) electrons. The van der Waals surface area contributed by atoms with Crippen molar-refractivity contribution in [3.8, 4) is 16.9 Å². The van der Waals surface area contributed by atoms with Crippen LogP contribution in [0, 0.1) is 6.92 Å². The maximum absolute atomic E-state index is 13.1. The van der Waals surface area contributed by atoms with Gasteiger partial charge in [-0.15, -0.1) is 0 Å². The number of aromatic nitrogens is 4. The number of rotatable bonds is 10. The molecule has 3 N–H and O–H groups in total. The van der Waals surface area contributed by atoms with Gasteiger partial charge < -0.3 is 15.4 Å². The number of benzene rings is 2. The Bertz CT molecular complexity index is 1410. The third-order valence-corrected chi connectivity index (χ3v) is 6.00. The number of amides is 2. The zero-order valence-corrected chi connectivity index (χ0v) is 21.8. The van der Waals surface area contributed by atoms with Crippen LogP contribution in [0.2, 0.25) is 0 Å². The number of aryl methyl sites for hydroxylation is 1. The molecule has 0 aliphatic heterocycles. The number of nitrogens with one attached hydrogen (secondary N) is 3. The number of anilines is 1. The standard InChI is InChI=1S/C27H30F3N7O2/c1-18-24(22-14-33-36(2)15-22)35-37(23-7-5-4-6-8-23)25(18)34-26(38)32-13-21-11-19(16-39-3)9-10-20(21)12-31-17-27(28,29)30/h4-11,14-15,31H,12-13,16-17H2,1-3H3,(H2,32,34,38). The van der Waals surface area contributed by atoms with Gasteiger partial charge in [-0.25, -0.2) is 9.48 Å². The lowest BCUT2D eigenvalue weighted by atomic mass is 10.0. The fraction of sp³-hybridized carbons (Fsp3) is 0.296. The Labute approximate surface area is 224 Å². The van der Waals surface area contributed by atoms with E-state index in [0.717, 1.165) is 22.4 Å². The van der Waals surface area contributed by atoms with Gasteiger partial charge in [-0.05, 0) is 35.7 Å². The van der Waals surface area contributed by atoms with Gasteiger partial charge in [0.1, 0.15) is 11.5 Å². The molecule has 0 saturated carbocycles. The van der Waals surface area contributed by atoms with Gasteiger partial charge in [0.2, 0.25) is 0 Å². The van der Waals surface area contributed by atoms with Crippen molar-refractivity contribution >= 4 is 11.8 Å². The second kappa shape index (κ2) is 12.1. The number of carbonyl (C=O) groups excluding carboxylic acids is 1. The van der Waals surface area contributed by atoms with Gasteiger partial charge >= 0.3 is 12.2 Å². The summed E-state index contributed by atoms with van der Waals surface area (Å²) >= 11 is 0. The van der Waals surface area contributed by atoms with Crippen LogP contribution in [-0.4, -0.2) is 45.4 Å². The van der Waals surface area contributed by atoms with Crippen LogP contribution in [0.3, 0.4) is 0 Å². The molecule has 0 spiro atoms. The van der Waals surface area contributed by atoms with Crippen molar-refractivity contribution in [1.29, 1.82) is 0 Å². The van der Waals surface area contributed by atoms with Crippen LogP contribution < -0.4 is 16.0 Å². The van der Waals surface area contributed by atoms with Gasteiger partial charge in [0.05, 0.1) is 25.0 Å². The van der Waals surface area contributed by atoms with Crippen molar-refractivity contribution in [2.45, 2.75) is 32.8 Å². The van der Waals surface area contributed by atoms with E-state index in [1.807, 2.05) is 56.6 Å². The van der Waals surface area contributed by atoms with Crippen LogP contribution in [-0.2, 0) is 31.5 Å². The molecule has 0 aliphatic carbocycles. The van der Waals surface area contributed by atoms with Crippen molar-refractivity contribution in [2.24, 2.45) is 7.05 Å².